The molecule has 1 atom stereocenters. The van der Waals surface area contributed by atoms with Crippen molar-refractivity contribution in [1.29, 1.82) is 0 Å². The van der Waals surface area contributed by atoms with Crippen molar-refractivity contribution in [3.63, 3.8) is 0 Å². The van der Waals surface area contributed by atoms with Crippen LogP contribution in [0.4, 0.5) is 14.6 Å². The van der Waals surface area contributed by atoms with Crippen LogP contribution in [0.1, 0.15) is 30.0 Å². The normalized spacial score (nSPS) is 17.4. The fourth-order valence-corrected chi connectivity index (χ4v) is 2.83. The first kappa shape index (κ1) is 14.0. The van der Waals surface area contributed by atoms with E-state index in [4.69, 9.17) is 5.11 Å². The molecule has 2 N–H and O–H groups in total. The van der Waals surface area contributed by atoms with Crippen LogP contribution in [0, 0.1) is 11.6 Å². The van der Waals surface area contributed by atoms with Crippen LogP contribution in [-0.4, -0.2) is 28.0 Å². The van der Waals surface area contributed by atoms with Gasteiger partial charge in [-0.25, -0.2) is 13.5 Å². The second-order valence-corrected chi connectivity index (χ2v) is 5.16. The highest BCUT2D eigenvalue weighted by atomic mass is 19.1. The Bertz CT molecular complexity index is 622. The number of rotatable bonds is 4. The minimum Gasteiger partial charge on any atom is -0.396 e. The van der Waals surface area contributed by atoms with Gasteiger partial charge in [0.1, 0.15) is 17.5 Å². The summed E-state index contributed by atoms with van der Waals surface area (Å²) in [6, 6.07) is 3.48. The molecule has 1 aromatic carbocycles. The molecule has 0 radical (unpaired) electrons. The number of hydrogen-bond acceptors (Lipinski definition) is 3. The van der Waals surface area contributed by atoms with E-state index in [9.17, 15) is 8.78 Å². The fourth-order valence-electron chi connectivity index (χ4n) is 2.83. The molecule has 0 amide bonds. The Labute approximate surface area is 121 Å². The van der Waals surface area contributed by atoms with Crippen molar-refractivity contribution >= 4 is 5.82 Å². The van der Waals surface area contributed by atoms with Gasteiger partial charge in [0.25, 0.3) is 0 Å². The van der Waals surface area contributed by atoms with Gasteiger partial charge in [0.05, 0.1) is 12.2 Å². The number of aryl methyl sites for hydroxylation is 1. The average molecular weight is 293 g/mol. The molecule has 0 fully saturated rings. The van der Waals surface area contributed by atoms with Gasteiger partial charge < -0.3 is 10.4 Å². The van der Waals surface area contributed by atoms with E-state index in [1.807, 2.05) is 0 Å². The third-order valence-electron chi connectivity index (χ3n) is 3.81. The Balaban J connectivity index is 1.99. The lowest BCUT2D eigenvalue weighted by Crippen LogP contribution is -2.26. The number of nitrogens with one attached hydrogen (secondary N) is 1. The molecule has 0 saturated carbocycles. The quantitative estimate of drug-likeness (QED) is 0.910. The highest BCUT2D eigenvalue weighted by Crippen LogP contribution is 2.34. The van der Waals surface area contributed by atoms with Crippen molar-refractivity contribution < 1.29 is 13.9 Å². The van der Waals surface area contributed by atoms with E-state index in [-0.39, 0.29) is 12.2 Å². The maximum absolute atomic E-state index is 14.0. The Morgan fingerprint density at radius 1 is 1.33 bits per heavy atom. The zero-order valence-corrected chi connectivity index (χ0v) is 11.5. The minimum absolute atomic E-state index is 0.0667. The monoisotopic (exact) mass is 293 g/mol. The van der Waals surface area contributed by atoms with E-state index < -0.39 is 17.7 Å². The molecule has 1 aliphatic rings. The van der Waals surface area contributed by atoms with Crippen LogP contribution in [0.2, 0.25) is 0 Å². The Kier molecular flexibility index (Phi) is 3.88. The molecular weight excluding hydrogens is 276 g/mol. The molecule has 2 heterocycles. The van der Waals surface area contributed by atoms with Gasteiger partial charge in [0.2, 0.25) is 0 Å². The average Bonchev–Trinajstić information content (AvgIpc) is 2.89. The summed E-state index contributed by atoms with van der Waals surface area (Å²) in [5, 5.41) is 16.4. The summed E-state index contributed by atoms with van der Waals surface area (Å²) in [6.45, 7) is 0.742. The number of aliphatic hydroxyl groups is 1. The zero-order chi connectivity index (χ0) is 14.8. The van der Waals surface area contributed by atoms with Gasteiger partial charge in [-0.2, -0.15) is 5.10 Å². The number of anilines is 1. The van der Waals surface area contributed by atoms with Crippen molar-refractivity contribution in [2.75, 3.05) is 18.5 Å². The SMILES string of the molecule is OCCCc1cnn2c1NCCC2c1c(F)cccc1F. The highest BCUT2D eigenvalue weighted by Gasteiger charge is 2.28. The summed E-state index contributed by atoms with van der Waals surface area (Å²) in [5.74, 6) is -0.289. The van der Waals surface area contributed by atoms with E-state index in [2.05, 4.69) is 10.4 Å². The molecule has 1 aliphatic heterocycles. The van der Waals surface area contributed by atoms with Crippen LogP contribution in [0.15, 0.2) is 24.4 Å². The molecule has 21 heavy (non-hydrogen) atoms. The number of hydrogen-bond donors (Lipinski definition) is 2. The smallest absolute Gasteiger partial charge is 0.131 e. The van der Waals surface area contributed by atoms with Gasteiger partial charge in [-0.15, -0.1) is 0 Å². The lowest BCUT2D eigenvalue weighted by molar-refractivity contribution is 0.288. The molecule has 1 unspecified atom stereocenters. The fraction of sp³-hybridized carbons (Fsp3) is 0.400. The van der Waals surface area contributed by atoms with Crippen LogP contribution in [0.3, 0.4) is 0 Å². The largest absolute Gasteiger partial charge is 0.396 e. The molecular formula is C15H17F2N3O. The van der Waals surface area contributed by atoms with Crippen LogP contribution in [0.25, 0.3) is 0 Å². The van der Waals surface area contributed by atoms with Crippen molar-refractivity contribution in [3.8, 4) is 0 Å². The van der Waals surface area contributed by atoms with Crippen molar-refractivity contribution in [2.45, 2.75) is 25.3 Å². The number of fused-ring (bicyclic) bond motifs is 1. The molecule has 0 spiro atoms. The van der Waals surface area contributed by atoms with E-state index in [1.54, 1.807) is 10.9 Å². The molecule has 0 bridgehead atoms. The summed E-state index contributed by atoms with van der Waals surface area (Å²) in [6.07, 6.45) is 3.60. The Hall–Kier alpha value is -1.95. The highest BCUT2D eigenvalue weighted by molar-refractivity contribution is 5.47. The van der Waals surface area contributed by atoms with Gasteiger partial charge in [0.15, 0.2) is 0 Å². The molecule has 3 rings (SSSR count). The first-order chi connectivity index (χ1) is 10.2. The predicted octanol–water partition coefficient (Wildman–Crippen LogP) is 2.49. The third-order valence-corrected chi connectivity index (χ3v) is 3.81. The number of nitrogens with zero attached hydrogens (tertiary/aromatic N) is 2. The first-order valence-corrected chi connectivity index (χ1v) is 7.07. The van der Waals surface area contributed by atoms with Gasteiger partial charge in [-0.05, 0) is 31.4 Å². The lowest BCUT2D eigenvalue weighted by atomic mass is 10.0. The molecule has 6 heteroatoms. The van der Waals surface area contributed by atoms with Crippen molar-refractivity contribution in [3.05, 3.63) is 47.2 Å². The maximum Gasteiger partial charge on any atom is 0.131 e. The molecule has 4 nitrogen and oxygen atoms in total. The van der Waals surface area contributed by atoms with Crippen LogP contribution in [0.5, 0.6) is 0 Å². The van der Waals surface area contributed by atoms with E-state index in [1.165, 1.54) is 18.2 Å². The summed E-state index contributed by atoms with van der Waals surface area (Å²) in [4.78, 5) is 0. The summed E-state index contributed by atoms with van der Waals surface area (Å²) in [7, 11) is 0. The van der Waals surface area contributed by atoms with Crippen LogP contribution in [-0.2, 0) is 6.42 Å². The second-order valence-electron chi connectivity index (χ2n) is 5.16. The number of benzene rings is 1. The minimum atomic E-state index is -0.541. The first-order valence-electron chi connectivity index (χ1n) is 7.07. The number of aliphatic hydroxyl groups excluding tert-OH is 1. The molecule has 2 aromatic rings. The number of halogens is 2. The van der Waals surface area contributed by atoms with E-state index in [0.717, 1.165) is 11.4 Å². The topological polar surface area (TPSA) is 50.1 Å². The maximum atomic E-state index is 14.0. The molecule has 0 saturated heterocycles. The van der Waals surface area contributed by atoms with Crippen molar-refractivity contribution in [1.82, 2.24) is 9.78 Å². The van der Waals surface area contributed by atoms with E-state index in [0.29, 0.717) is 25.8 Å². The summed E-state index contributed by atoms with van der Waals surface area (Å²) in [5.41, 5.74) is 1.03. The second kappa shape index (κ2) is 5.81. The lowest BCUT2D eigenvalue weighted by Gasteiger charge is -2.27. The third kappa shape index (κ3) is 2.51. The van der Waals surface area contributed by atoms with Gasteiger partial charge in [-0.3, -0.25) is 0 Å². The van der Waals surface area contributed by atoms with Crippen LogP contribution < -0.4 is 5.32 Å². The molecule has 112 valence electrons. The van der Waals surface area contributed by atoms with Crippen molar-refractivity contribution in [2.24, 2.45) is 0 Å². The summed E-state index contributed by atoms with van der Waals surface area (Å²) >= 11 is 0. The van der Waals surface area contributed by atoms with Gasteiger partial charge >= 0.3 is 0 Å². The van der Waals surface area contributed by atoms with Gasteiger partial charge in [-0.1, -0.05) is 6.07 Å². The standard InChI is InChI=1S/C15H17F2N3O/c16-11-4-1-5-12(17)14(11)13-6-7-18-15-10(3-2-8-21)9-19-20(13)15/h1,4-5,9,13,18,21H,2-3,6-8H2. The molecule has 1 aromatic heterocycles. The zero-order valence-electron chi connectivity index (χ0n) is 11.5. The van der Waals surface area contributed by atoms with Gasteiger partial charge in [0, 0.05) is 24.3 Å². The number of aromatic nitrogens is 2. The Morgan fingerprint density at radius 3 is 2.81 bits per heavy atom. The Morgan fingerprint density at radius 2 is 2.10 bits per heavy atom. The summed E-state index contributed by atoms with van der Waals surface area (Å²) < 4.78 is 29.7. The predicted molar refractivity (Wildman–Crippen MR) is 75.2 cm³/mol. The molecule has 0 aliphatic carbocycles. The van der Waals surface area contributed by atoms with E-state index >= 15 is 0 Å². The van der Waals surface area contributed by atoms with Crippen LogP contribution >= 0.6 is 0 Å².